The third kappa shape index (κ3) is 5.43. The van der Waals surface area contributed by atoms with E-state index in [0.717, 1.165) is 0 Å². The fourth-order valence-corrected chi connectivity index (χ4v) is 8.33. The summed E-state index contributed by atoms with van der Waals surface area (Å²) in [5.41, 5.74) is 6.27. The Labute approximate surface area is 257 Å². The number of nitrogen functional groups attached to an aromatic ring is 1. The number of nitrogens with one attached hydrogen (secondary N) is 1. The van der Waals surface area contributed by atoms with Crippen molar-refractivity contribution in [3.05, 3.63) is 47.3 Å². The number of imidazole rings is 2. The molecule has 6 heterocycles. The van der Waals surface area contributed by atoms with Gasteiger partial charge < -0.3 is 39.4 Å². The van der Waals surface area contributed by atoms with Gasteiger partial charge >= 0.3 is 13.5 Å². The summed E-state index contributed by atoms with van der Waals surface area (Å²) < 4.78 is 50.8. The molecule has 3 saturated heterocycles. The maximum Gasteiger partial charge on any atom is 0.386 e. The summed E-state index contributed by atoms with van der Waals surface area (Å²) >= 11 is 9.35. The molecule has 44 heavy (non-hydrogen) atoms. The lowest BCUT2D eigenvalue weighted by Gasteiger charge is -2.27. The molecule has 3 fully saturated rings. The van der Waals surface area contributed by atoms with Gasteiger partial charge in [-0.05, 0) is 23.9 Å². The summed E-state index contributed by atoms with van der Waals surface area (Å²) in [5, 5.41) is 22.4. The number of para-hydroxylation sites is 2. The second kappa shape index (κ2) is 11.2. The minimum atomic E-state index is -4.28. The first-order valence-corrected chi connectivity index (χ1v) is 18.3. The first kappa shape index (κ1) is 30.4. The number of rotatable bonds is 2. The number of H-pyrrole nitrogens is 1. The van der Waals surface area contributed by atoms with Gasteiger partial charge in [0, 0.05) is 0 Å². The Balaban J connectivity index is 1.20. The van der Waals surface area contributed by atoms with Crippen LogP contribution in [0.2, 0.25) is 0 Å². The van der Waals surface area contributed by atoms with E-state index in [0.29, 0.717) is 11.0 Å². The standard InChI is InChI=1S/C22H25N7O11P2S2/c23-22-26-18-13(19(32)27-22)25-8-29(18)20-15(31)16-12(38-20)6-36-42(34,44)40-17-14(30)11(5-35-41(33,43)39-16)37-21(17)28-7-24-9-3-1-2-4-10(9)28/h1-4,7-8,11-12,14-17,20-21,30-31H,5-6H2,(H,33,43)(H,34,44)(H3,23,26,27,32)/t11-,12-,14?,15?,16?,17?,20-,21-,41?,42?/m1/s1. The second-order valence-electron chi connectivity index (χ2n) is 10.2. The van der Waals surface area contributed by atoms with Crippen LogP contribution in [-0.4, -0.2) is 94.0 Å². The van der Waals surface area contributed by atoms with Crippen molar-refractivity contribution < 1.29 is 47.2 Å². The van der Waals surface area contributed by atoms with E-state index in [1.54, 1.807) is 28.8 Å². The number of ether oxygens (including phenoxy) is 2. The van der Waals surface area contributed by atoms with Crippen LogP contribution >= 0.6 is 25.8 Å². The number of hydrogen-bond donors (Lipinski definition) is 6. The normalized spacial score (nSPS) is 38.3. The highest BCUT2D eigenvalue weighted by Crippen LogP contribution is 2.58. The van der Waals surface area contributed by atoms with Crippen molar-refractivity contribution in [2.75, 3.05) is 18.9 Å². The molecule has 1 aromatic carbocycles. The van der Waals surface area contributed by atoms with Crippen molar-refractivity contribution in [3.8, 4) is 0 Å². The van der Waals surface area contributed by atoms with Crippen molar-refractivity contribution in [2.24, 2.45) is 0 Å². The van der Waals surface area contributed by atoms with E-state index < -0.39 is 81.4 Å². The quantitative estimate of drug-likeness (QED) is 0.123. The predicted octanol–water partition coefficient (Wildman–Crippen LogP) is 0.340. The topological polar surface area (TPSA) is 241 Å². The van der Waals surface area contributed by atoms with Gasteiger partial charge in [0.1, 0.15) is 36.6 Å². The first-order valence-electron chi connectivity index (χ1n) is 13.0. The third-order valence-corrected chi connectivity index (χ3v) is 10.6. The van der Waals surface area contributed by atoms with Gasteiger partial charge in [-0.2, -0.15) is 4.98 Å². The SMILES string of the molecule is Nc1nc2c(ncn2[C@@H]2O[C@@H]3COP(O)(=S)OC4C(O)[C@@H](COP(=O)(S)OC3C2O)O[C@H]4n2cnc3ccccc32)c(=O)[nH]1. The van der Waals surface area contributed by atoms with E-state index in [-0.39, 0.29) is 17.1 Å². The first-order chi connectivity index (χ1) is 20.9. The molecule has 10 atom stereocenters. The number of aromatic nitrogens is 6. The maximum atomic E-state index is 13.4. The van der Waals surface area contributed by atoms with Gasteiger partial charge in [-0.15, -0.1) is 0 Å². The molecule has 236 valence electrons. The van der Waals surface area contributed by atoms with Gasteiger partial charge in [0.05, 0.1) is 36.9 Å². The Kier molecular flexibility index (Phi) is 7.73. The number of nitrogens with zero attached hydrogens (tertiary/aromatic N) is 5. The van der Waals surface area contributed by atoms with E-state index in [2.05, 4.69) is 32.2 Å². The number of thiol groups is 1. The fourth-order valence-electron chi connectivity index (χ4n) is 5.42. The van der Waals surface area contributed by atoms with Crippen LogP contribution in [0.4, 0.5) is 5.95 Å². The summed E-state index contributed by atoms with van der Waals surface area (Å²) in [7, 11) is 0. The number of fused-ring (bicyclic) bond motifs is 5. The molecule has 0 amide bonds. The van der Waals surface area contributed by atoms with Crippen molar-refractivity contribution in [2.45, 2.75) is 49.1 Å². The number of aromatic amines is 1. The highest BCUT2D eigenvalue weighted by Gasteiger charge is 2.52. The summed E-state index contributed by atoms with van der Waals surface area (Å²) in [6.45, 7) is -9.46. The van der Waals surface area contributed by atoms with Crippen LogP contribution in [0.25, 0.3) is 22.2 Å². The van der Waals surface area contributed by atoms with Crippen LogP contribution in [0.15, 0.2) is 41.7 Å². The molecule has 0 radical (unpaired) electrons. The molecule has 3 aromatic heterocycles. The molecule has 3 aliphatic heterocycles. The zero-order valence-electron chi connectivity index (χ0n) is 22.2. The molecule has 6 unspecified atom stereocenters. The van der Waals surface area contributed by atoms with Gasteiger partial charge in [-0.1, -0.05) is 24.4 Å². The van der Waals surface area contributed by atoms with Crippen LogP contribution in [-0.2, 0) is 43.9 Å². The molecular formula is C22H25N7O11P2S2. The Hall–Kier alpha value is -2.29. The van der Waals surface area contributed by atoms with E-state index in [4.69, 9.17) is 45.1 Å². The molecule has 4 aromatic rings. The fraction of sp³-hybridized carbons (Fsp3) is 0.455. The molecule has 3 aliphatic rings. The Morgan fingerprint density at radius 3 is 2.55 bits per heavy atom. The minimum Gasteiger partial charge on any atom is -0.387 e. The molecule has 22 heteroatoms. The molecule has 0 spiro atoms. The maximum absolute atomic E-state index is 13.4. The van der Waals surface area contributed by atoms with Gasteiger partial charge in [-0.3, -0.25) is 27.9 Å². The van der Waals surface area contributed by atoms with Crippen molar-refractivity contribution in [1.82, 2.24) is 29.1 Å². The largest absolute Gasteiger partial charge is 0.387 e. The number of aliphatic hydroxyl groups is 2. The molecule has 0 aliphatic carbocycles. The Morgan fingerprint density at radius 2 is 1.73 bits per heavy atom. The third-order valence-electron chi connectivity index (χ3n) is 7.42. The van der Waals surface area contributed by atoms with Crippen molar-refractivity contribution in [3.63, 3.8) is 0 Å². The molecule has 6 N–H and O–H groups in total. The molecular weight excluding hydrogens is 664 g/mol. The lowest BCUT2D eigenvalue weighted by molar-refractivity contribution is -0.0593. The van der Waals surface area contributed by atoms with E-state index in [9.17, 15) is 24.5 Å². The summed E-state index contributed by atoms with van der Waals surface area (Å²) in [6, 6.07) is 7.15. The second-order valence-corrected chi connectivity index (χ2v) is 15.9. The highest BCUT2D eigenvalue weighted by atomic mass is 32.7. The van der Waals surface area contributed by atoms with Crippen LogP contribution in [0.3, 0.4) is 0 Å². The lowest BCUT2D eigenvalue weighted by atomic mass is 10.1. The predicted molar refractivity (Wildman–Crippen MR) is 157 cm³/mol. The Morgan fingerprint density at radius 1 is 1.00 bits per heavy atom. The van der Waals surface area contributed by atoms with Gasteiger partial charge in [0.25, 0.3) is 5.56 Å². The van der Waals surface area contributed by atoms with E-state index >= 15 is 0 Å². The van der Waals surface area contributed by atoms with Crippen LogP contribution in [0.1, 0.15) is 12.5 Å². The number of anilines is 1. The highest BCUT2D eigenvalue weighted by molar-refractivity contribution is 8.44. The van der Waals surface area contributed by atoms with Crippen LogP contribution in [0, 0.1) is 0 Å². The molecule has 0 saturated carbocycles. The van der Waals surface area contributed by atoms with Gasteiger partial charge in [0.2, 0.25) is 5.95 Å². The average molecular weight is 690 g/mol. The average Bonchev–Trinajstić information content (AvgIpc) is 3.72. The Bertz CT molecular complexity index is 1890. The summed E-state index contributed by atoms with van der Waals surface area (Å²) in [6.07, 6.45) is -7.76. The van der Waals surface area contributed by atoms with E-state index in [1.807, 2.05) is 0 Å². The van der Waals surface area contributed by atoms with E-state index in [1.165, 1.54) is 17.2 Å². The monoisotopic (exact) mass is 689 g/mol. The number of nitrogens with two attached hydrogens (primary N) is 1. The zero-order chi connectivity index (χ0) is 31.0. The molecule has 7 rings (SSSR count). The van der Waals surface area contributed by atoms with Gasteiger partial charge in [0.15, 0.2) is 23.6 Å². The van der Waals surface area contributed by atoms with Crippen LogP contribution < -0.4 is 11.3 Å². The summed E-state index contributed by atoms with van der Waals surface area (Å²) in [4.78, 5) is 38.1. The molecule has 2 bridgehead atoms. The van der Waals surface area contributed by atoms with Gasteiger partial charge in [-0.25, -0.2) is 14.5 Å². The minimum absolute atomic E-state index is 0.00767. The number of benzene rings is 1. The number of hydrogen-bond acceptors (Lipinski definition) is 15. The summed E-state index contributed by atoms with van der Waals surface area (Å²) in [5.74, 6) is -0.203. The smallest absolute Gasteiger partial charge is 0.386 e. The molecule has 18 nitrogen and oxygen atoms in total. The van der Waals surface area contributed by atoms with Crippen LogP contribution in [0.5, 0.6) is 0 Å². The lowest BCUT2D eigenvalue weighted by Crippen LogP contribution is -2.36. The number of aliphatic hydroxyl groups excluding tert-OH is 2. The zero-order valence-corrected chi connectivity index (χ0v) is 25.7. The van der Waals surface area contributed by atoms with Crippen molar-refractivity contribution in [1.29, 1.82) is 0 Å². The van der Waals surface area contributed by atoms with Crippen molar-refractivity contribution >= 4 is 65.7 Å².